The van der Waals surface area contributed by atoms with Gasteiger partial charge in [-0.25, -0.2) is 0 Å². The number of imidazole rings is 1. The summed E-state index contributed by atoms with van der Waals surface area (Å²) in [6.45, 7) is 2.26. The van der Waals surface area contributed by atoms with Gasteiger partial charge < -0.3 is 9.55 Å². The molecule has 0 bridgehead atoms. The molecule has 1 aromatic heterocycles. The minimum absolute atomic E-state index is 0.503. The highest BCUT2D eigenvalue weighted by molar-refractivity contribution is 7.71. The Morgan fingerprint density at radius 2 is 1.94 bits per heavy atom. The lowest BCUT2D eigenvalue weighted by molar-refractivity contribution is 0.219. The second-order valence-electron chi connectivity index (χ2n) is 4.81. The third kappa shape index (κ3) is 1.81. The molecule has 5 heteroatoms. The molecule has 17 heavy (non-hydrogen) atoms. The smallest absolute Gasteiger partial charge is 0.178 e. The van der Waals surface area contributed by atoms with Crippen molar-refractivity contribution in [2.24, 2.45) is 5.92 Å². The van der Waals surface area contributed by atoms with Crippen molar-refractivity contribution in [3.05, 3.63) is 26.9 Å². The normalized spacial score (nSPS) is 23.9. The molecule has 1 fully saturated rings. The van der Waals surface area contributed by atoms with Crippen molar-refractivity contribution in [1.29, 1.82) is 0 Å². The quantitative estimate of drug-likeness (QED) is 0.734. The van der Waals surface area contributed by atoms with E-state index in [9.17, 15) is 0 Å². The molecule has 0 spiro atoms. The maximum atomic E-state index is 6.07. The Kier molecular flexibility index (Phi) is 2.73. The molecule has 0 aliphatic heterocycles. The summed E-state index contributed by atoms with van der Waals surface area (Å²) in [5, 5.41) is 1.14. The topological polar surface area (TPSA) is 20.7 Å². The van der Waals surface area contributed by atoms with E-state index in [0.29, 0.717) is 16.1 Å². The van der Waals surface area contributed by atoms with Crippen LogP contribution < -0.4 is 0 Å². The molecular weight excluding hydrogens is 275 g/mol. The fraction of sp³-hybridized carbons (Fsp3) is 0.417. The average Bonchev–Trinajstić information content (AvgIpc) is 2.51. The van der Waals surface area contributed by atoms with Crippen molar-refractivity contribution in [3.8, 4) is 0 Å². The van der Waals surface area contributed by atoms with Gasteiger partial charge in [-0.15, -0.1) is 0 Å². The maximum absolute atomic E-state index is 6.07. The van der Waals surface area contributed by atoms with E-state index in [1.54, 1.807) is 0 Å². The highest BCUT2D eigenvalue weighted by Gasteiger charge is 2.28. The summed E-state index contributed by atoms with van der Waals surface area (Å²) >= 11 is 17.5. The minimum Gasteiger partial charge on any atom is -0.331 e. The van der Waals surface area contributed by atoms with Crippen molar-refractivity contribution in [3.63, 3.8) is 0 Å². The van der Waals surface area contributed by atoms with Crippen molar-refractivity contribution >= 4 is 46.5 Å². The van der Waals surface area contributed by atoms with E-state index in [1.165, 1.54) is 12.8 Å². The molecule has 2 aromatic rings. The monoisotopic (exact) mass is 286 g/mol. The van der Waals surface area contributed by atoms with Gasteiger partial charge in [0.1, 0.15) is 0 Å². The first-order valence-electron chi connectivity index (χ1n) is 5.65. The zero-order valence-electron chi connectivity index (χ0n) is 9.34. The van der Waals surface area contributed by atoms with Crippen LogP contribution in [-0.2, 0) is 0 Å². The number of aromatic amines is 1. The van der Waals surface area contributed by atoms with Gasteiger partial charge in [0.15, 0.2) is 4.77 Å². The molecule has 3 rings (SSSR count). The Morgan fingerprint density at radius 3 is 2.59 bits per heavy atom. The average molecular weight is 287 g/mol. The lowest BCUT2D eigenvalue weighted by Gasteiger charge is -2.34. The van der Waals surface area contributed by atoms with Gasteiger partial charge in [-0.1, -0.05) is 30.1 Å². The minimum atomic E-state index is 0.503. The number of halogens is 2. The van der Waals surface area contributed by atoms with Gasteiger partial charge in [0, 0.05) is 6.04 Å². The highest BCUT2D eigenvalue weighted by atomic mass is 35.5. The summed E-state index contributed by atoms with van der Waals surface area (Å²) < 4.78 is 2.93. The molecule has 90 valence electrons. The van der Waals surface area contributed by atoms with Crippen LogP contribution in [0.5, 0.6) is 0 Å². The lowest BCUT2D eigenvalue weighted by atomic mass is 9.81. The number of benzene rings is 1. The molecule has 1 N–H and O–H groups in total. The molecule has 2 nitrogen and oxygen atoms in total. The molecule has 0 unspecified atom stereocenters. The van der Waals surface area contributed by atoms with Gasteiger partial charge in [-0.05, 0) is 43.1 Å². The first kappa shape index (κ1) is 11.6. The molecule has 1 aromatic carbocycles. The summed E-state index contributed by atoms with van der Waals surface area (Å²) in [6, 6.07) is 4.24. The molecule has 1 aliphatic carbocycles. The molecule has 1 heterocycles. The first-order valence-corrected chi connectivity index (χ1v) is 6.82. The second-order valence-corrected chi connectivity index (χ2v) is 6.02. The Morgan fingerprint density at radius 1 is 1.29 bits per heavy atom. The van der Waals surface area contributed by atoms with Gasteiger partial charge in [0.2, 0.25) is 0 Å². The van der Waals surface area contributed by atoms with Crippen LogP contribution in [0.1, 0.15) is 25.8 Å². The number of nitrogens with zero attached hydrogens (tertiary/aromatic N) is 1. The molecule has 1 saturated carbocycles. The van der Waals surface area contributed by atoms with Gasteiger partial charge >= 0.3 is 0 Å². The number of aromatic nitrogens is 2. The summed E-state index contributed by atoms with van der Waals surface area (Å²) in [4.78, 5) is 3.19. The summed E-state index contributed by atoms with van der Waals surface area (Å²) in [5.74, 6) is 0.787. The maximum Gasteiger partial charge on any atom is 0.178 e. The number of rotatable bonds is 1. The number of hydrogen-bond donors (Lipinski definition) is 1. The van der Waals surface area contributed by atoms with Gasteiger partial charge in [-0.3, -0.25) is 0 Å². The van der Waals surface area contributed by atoms with Crippen LogP contribution in [0.4, 0.5) is 0 Å². The highest BCUT2D eigenvalue weighted by Crippen LogP contribution is 2.40. The van der Waals surface area contributed by atoms with Crippen LogP contribution in [0.25, 0.3) is 11.0 Å². The van der Waals surface area contributed by atoms with Crippen molar-refractivity contribution in [1.82, 2.24) is 9.55 Å². The molecular formula is C12H12Cl2N2S. The zero-order chi connectivity index (χ0) is 12.2. The third-order valence-corrected chi connectivity index (χ3v) is 4.49. The standard InChI is InChI=1S/C12H12Cl2N2S/c1-6-2-7(3-6)16-11-5-9(14)8(13)4-10(11)15-12(16)17/h4-7H,2-3H2,1H3,(H,15,17). The molecule has 0 radical (unpaired) electrons. The van der Waals surface area contributed by atoms with Crippen LogP contribution in [0, 0.1) is 10.7 Å². The third-order valence-electron chi connectivity index (χ3n) is 3.47. The fourth-order valence-electron chi connectivity index (χ4n) is 2.55. The number of fused-ring (bicyclic) bond motifs is 1. The van der Waals surface area contributed by atoms with Crippen LogP contribution >= 0.6 is 35.4 Å². The van der Waals surface area contributed by atoms with Gasteiger partial charge in [-0.2, -0.15) is 0 Å². The van der Waals surface area contributed by atoms with Crippen molar-refractivity contribution in [2.45, 2.75) is 25.8 Å². The Hall–Kier alpha value is -0.510. The van der Waals surface area contributed by atoms with Crippen molar-refractivity contribution in [2.75, 3.05) is 0 Å². The Bertz CT molecular complexity index is 638. The lowest BCUT2D eigenvalue weighted by Crippen LogP contribution is -2.24. The van der Waals surface area contributed by atoms with Crippen LogP contribution in [0.2, 0.25) is 10.0 Å². The fourth-order valence-corrected chi connectivity index (χ4v) is 3.23. The Balaban J connectivity index is 2.20. The summed E-state index contributed by atoms with van der Waals surface area (Å²) in [6.07, 6.45) is 2.36. The van der Waals surface area contributed by atoms with E-state index in [2.05, 4.69) is 16.5 Å². The SMILES string of the molecule is CC1CC(n2c(=S)[nH]c3cc(Cl)c(Cl)cc32)C1. The zero-order valence-corrected chi connectivity index (χ0v) is 11.7. The predicted molar refractivity (Wildman–Crippen MR) is 74.6 cm³/mol. The van der Waals surface area contributed by atoms with E-state index in [1.807, 2.05) is 12.1 Å². The predicted octanol–water partition coefficient (Wildman–Crippen LogP) is 4.98. The van der Waals surface area contributed by atoms with Gasteiger partial charge in [0.05, 0.1) is 21.1 Å². The summed E-state index contributed by atoms with van der Waals surface area (Å²) in [5.41, 5.74) is 2.02. The van der Waals surface area contributed by atoms with Gasteiger partial charge in [0.25, 0.3) is 0 Å². The van der Waals surface area contributed by atoms with E-state index in [0.717, 1.165) is 21.7 Å². The van der Waals surface area contributed by atoms with Crippen LogP contribution in [0.15, 0.2) is 12.1 Å². The molecule has 0 amide bonds. The second kappa shape index (κ2) is 4.01. The Labute approximate surface area is 115 Å². The van der Waals surface area contributed by atoms with E-state index in [-0.39, 0.29) is 0 Å². The van der Waals surface area contributed by atoms with E-state index in [4.69, 9.17) is 35.4 Å². The number of nitrogens with one attached hydrogen (secondary N) is 1. The number of H-pyrrole nitrogens is 1. The van der Waals surface area contributed by atoms with Crippen LogP contribution in [0.3, 0.4) is 0 Å². The molecule has 0 saturated heterocycles. The van der Waals surface area contributed by atoms with E-state index >= 15 is 0 Å². The van der Waals surface area contributed by atoms with E-state index < -0.39 is 0 Å². The van der Waals surface area contributed by atoms with Crippen LogP contribution in [-0.4, -0.2) is 9.55 Å². The van der Waals surface area contributed by atoms with Crippen molar-refractivity contribution < 1.29 is 0 Å². The largest absolute Gasteiger partial charge is 0.331 e. The molecule has 1 aliphatic rings. The first-order chi connectivity index (χ1) is 8.06. The molecule has 0 atom stereocenters. The summed E-state index contributed by atoms with van der Waals surface area (Å²) in [7, 11) is 0. The number of hydrogen-bond acceptors (Lipinski definition) is 1.